The van der Waals surface area contributed by atoms with Crippen LogP contribution in [0, 0.1) is 11.7 Å². The molecule has 1 aromatic heterocycles. The summed E-state index contributed by atoms with van der Waals surface area (Å²) >= 11 is 0. The van der Waals surface area contributed by atoms with Crippen LogP contribution in [-0.2, 0) is 6.42 Å². The van der Waals surface area contributed by atoms with Crippen LogP contribution in [0.1, 0.15) is 28.9 Å². The molecule has 2 heterocycles. The first-order valence-corrected chi connectivity index (χ1v) is 9.86. The third kappa shape index (κ3) is 4.77. The Balaban J connectivity index is 1.33. The van der Waals surface area contributed by atoms with Crippen molar-refractivity contribution in [3.8, 4) is 0 Å². The lowest BCUT2D eigenvalue weighted by molar-refractivity contribution is 0.102. The van der Waals surface area contributed by atoms with E-state index in [9.17, 15) is 9.18 Å². The van der Waals surface area contributed by atoms with Crippen LogP contribution in [0.4, 0.5) is 15.9 Å². The molecule has 1 N–H and O–H groups in total. The minimum absolute atomic E-state index is 0.129. The molecule has 6 heteroatoms. The van der Waals surface area contributed by atoms with Crippen molar-refractivity contribution in [2.24, 2.45) is 5.92 Å². The standard InChI is InChI=1S/C23H23FN4O/c24-19-8-4-5-9-20(19)27-23(29)21-15-26-22(16-25-21)28-12-10-18(11-13-28)14-17-6-2-1-3-7-17/h1-9,15-16,18H,10-14H2,(H,27,29). The molecule has 1 aliphatic heterocycles. The third-order valence-electron chi connectivity index (χ3n) is 5.30. The minimum Gasteiger partial charge on any atom is -0.355 e. The van der Waals surface area contributed by atoms with Crippen molar-refractivity contribution in [2.75, 3.05) is 23.3 Å². The predicted octanol–water partition coefficient (Wildman–Crippen LogP) is 4.33. The second kappa shape index (κ2) is 8.82. The number of nitrogens with zero attached hydrogens (tertiary/aromatic N) is 3. The summed E-state index contributed by atoms with van der Waals surface area (Å²) in [5.74, 6) is 0.484. The lowest BCUT2D eigenvalue weighted by Crippen LogP contribution is -2.35. The monoisotopic (exact) mass is 390 g/mol. The van der Waals surface area contributed by atoms with Crippen molar-refractivity contribution in [1.82, 2.24) is 9.97 Å². The predicted molar refractivity (Wildman–Crippen MR) is 111 cm³/mol. The Labute approximate surface area is 169 Å². The maximum Gasteiger partial charge on any atom is 0.275 e. The molecule has 1 amide bonds. The SMILES string of the molecule is O=C(Nc1ccccc1F)c1cnc(N2CCC(Cc3ccccc3)CC2)cn1. The number of amides is 1. The summed E-state index contributed by atoms with van der Waals surface area (Å²) in [7, 11) is 0. The van der Waals surface area contributed by atoms with Gasteiger partial charge in [-0.3, -0.25) is 4.79 Å². The number of hydrogen-bond acceptors (Lipinski definition) is 4. The van der Waals surface area contributed by atoms with Gasteiger partial charge >= 0.3 is 0 Å². The first-order valence-electron chi connectivity index (χ1n) is 9.86. The smallest absolute Gasteiger partial charge is 0.275 e. The fraction of sp³-hybridized carbons (Fsp3) is 0.261. The summed E-state index contributed by atoms with van der Waals surface area (Å²) in [4.78, 5) is 23.1. The van der Waals surface area contributed by atoms with Gasteiger partial charge in [0.2, 0.25) is 0 Å². The van der Waals surface area contributed by atoms with Gasteiger partial charge in [-0.05, 0) is 42.9 Å². The van der Waals surface area contributed by atoms with E-state index in [1.165, 1.54) is 23.9 Å². The topological polar surface area (TPSA) is 58.1 Å². The van der Waals surface area contributed by atoms with Crippen molar-refractivity contribution < 1.29 is 9.18 Å². The number of para-hydroxylation sites is 1. The van der Waals surface area contributed by atoms with Gasteiger partial charge in [-0.15, -0.1) is 0 Å². The highest BCUT2D eigenvalue weighted by Gasteiger charge is 2.21. The minimum atomic E-state index is -0.483. The maximum atomic E-state index is 13.7. The van der Waals surface area contributed by atoms with Crippen LogP contribution in [0.5, 0.6) is 0 Å². The lowest BCUT2D eigenvalue weighted by atomic mass is 9.90. The number of benzene rings is 2. The zero-order valence-corrected chi connectivity index (χ0v) is 16.1. The van der Waals surface area contributed by atoms with Gasteiger partial charge in [-0.25, -0.2) is 14.4 Å². The Hall–Kier alpha value is -3.28. The maximum absolute atomic E-state index is 13.7. The quantitative estimate of drug-likeness (QED) is 0.705. The third-order valence-corrected chi connectivity index (χ3v) is 5.30. The van der Waals surface area contributed by atoms with E-state index in [4.69, 9.17) is 0 Å². The molecule has 148 valence electrons. The molecule has 0 bridgehead atoms. The van der Waals surface area contributed by atoms with Gasteiger partial charge in [-0.1, -0.05) is 42.5 Å². The molecule has 0 aliphatic carbocycles. The number of halogens is 1. The molecule has 2 aromatic carbocycles. The van der Waals surface area contributed by atoms with Crippen LogP contribution in [0.25, 0.3) is 0 Å². The average molecular weight is 390 g/mol. The summed E-state index contributed by atoms with van der Waals surface area (Å²) in [5.41, 5.74) is 1.68. The Kier molecular flexibility index (Phi) is 5.79. The number of piperidine rings is 1. The molecule has 1 fully saturated rings. The molecule has 5 nitrogen and oxygen atoms in total. The van der Waals surface area contributed by atoms with E-state index in [-0.39, 0.29) is 11.4 Å². The molecule has 0 atom stereocenters. The average Bonchev–Trinajstić information content (AvgIpc) is 2.77. The molecule has 1 saturated heterocycles. The van der Waals surface area contributed by atoms with Crippen molar-refractivity contribution in [1.29, 1.82) is 0 Å². The number of carbonyl (C=O) groups excluding carboxylic acids is 1. The van der Waals surface area contributed by atoms with Gasteiger partial charge in [-0.2, -0.15) is 0 Å². The van der Waals surface area contributed by atoms with E-state index in [0.29, 0.717) is 5.92 Å². The first-order chi connectivity index (χ1) is 14.2. The highest BCUT2D eigenvalue weighted by molar-refractivity contribution is 6.02. The molecular formula is C23H23FN4O. The van der Waals surface area contributed by atoms with Crippen LogP contribution >= 0.6 is 0 Å². The van der Waals surface area contributed by atoms with Gasteiger partial charge in [0.1, 0.15) is 17.3 Å². The number of aromatic nitrogens is 2. The second-order valence-electron chi connectivity index (χ2n) is 7.31. The van der Waals surface area contributed by atoms with Crippen LogP contribution in [0.3, 0.4) is 0 Å². The van der Waals surface area contributed by atoms with E-state index in [1.54, 1.807) is 18.3 Å². The fourth-order valence-corrected chi connectivity index (χ4v) is 3.66. The molecule has 3 aromatic rings. The summed E-state index contributed by atoms with van der Waals surface area (Å²) in [6.07, 6.45) is 6.38. The van der Waals surface area contributed by atoms with Crippen LogP contribution in [0.15, 0.2) is 67.0 Å². The number of carbonyl (C=O) groups is 1. The lowest BCUT2D eigenvalue weighted by Gasteiger charge is -2.32. The summed E-state index contributed by atoms with van der Waals surface area (Å²) in [6.45, 7) is 1.85. The van der Waals surface area contributed by atoms with E-state index < -0.39 is 11.7 Å². The largest absolute Gasteiger partial charge is 0.355 e. The Morgan fingerprint density at radius 2 is 1.72 bits per heavy atom. The van der Waals surface area contributed by atoms with Crippen molar-refractivity contribution >= 4 is 17.4 Å². The Bertz CT molecular complexity index is 954. The van der Waals surface area contributed by atoms with Crippen molar-refractivity contribution in [3.63, 3.8) is 0 Å². The van der Waals surface area contributed by atoms with Gasteiger partial charge in [0.25, 0.3) is 5.91 Å². The van der Waals surface area contributed by atoms with Crippen LogP contribution < -0.4 is 10.2 Å². The van der Waals surface area contributed by atoms with Crippen LogP contribution in [0.2, 0.25) is 0 Å². The van der Waals surface area contributed by atoms with Crippen molar-refractivity contribution in [3.05, 3.63) is 84.1 Å². The Morgan fingerprint density at radius 3 is 2.41 bits per heavy atom. The molecule has 0 saturated carbocycles. The number of rotatable bonds is 5. The molecular weight excluding hydrogens is 367 g/mol. The number of anilines is 2. The van der Waals surface area contributed by atoms with Crippen LogP contribution in [-0.4, -0.2) is 29.0 Å². The first kappa shape index (κ1) is 19.1. The van der Waals surface area contributed by atoms with Crippen molar-refractivity contribution in [2.45, 2.75) is 19.3 Å². The zero-order valence-electron chi connectivity index (χ0n) is 16.1. The van der Waals surface area contributed by atoms with Gasteiger partial charge < -0.3 is 10.2 Å². The Morgan fingerprint density at radius 1 is 1.00 bits per heavy atom. The number of hydrogen-bond donors (Lipinski definition) is 1. The zero-order chi connectivity index (χ0) is 20.1. The second-order valence-corrected chi connectivity index (χ2v) is 7.31. The molecule has 0 spiro atoms. The van der Waals surface area contributed by atoms with E-state index in [1.807, 2.05) is 6.07 Å². The normalized spacial score (nSPS) is 14.6. The molecule has 29 heavy (non-hydrogen) atoms. The highest BCUT2D eigenvalue weighted by Crippen LogP contribution is 2.24. The van der Waals surface area contributed by atoms with Gasteiger partial charge in [0.05, 0.1) is 18.1 Å². The molecule has 1 aliphatic rings. The molecule has 0 radical (unpaired) electrons. The fourth-order valence-electron chi connectivity index (χ4n) is 3.66. The molecule has 4 rings (SSSR count). The van der Waals surface area contributed by atoms with E-state index in [2.05, 4.69) is 44.5 Å². The summed E-state index contributed by atoms with van der Waals surface area (Å²) < 4.78 is 13.7. The van der Waals surface area contributed by atoms with Gasteiger partial charge in [0, 0.05) is 13.1 Å². The summed E-state index contributed by atoms with van der Waals surface area (Å²) in [6, 6.07) is 16.6. The van der Waals surface area contributed by atoms with Gasteiger partial charge in [0.15, 0.2) is 0 Å². The highest BCUT2D eigenvalue weighted by atomic mass is 19.1. The molecule has 0 unspecified atom stereocenters. The number of nitrogens with one attached hydrogen (secondary N) is 1. The van der Waals surface area contributed by atoms with E-state index >= 15 is 0 Å². The summed E-state index contributed by atoms with van der Waals surface area (Å²) in [5, 5.41) is 2.52. The van der Waals surface area contributed by atoms with E-state index in [0.717, 1.165) is 38.2 Å².